The lowest BCUT2D eigenvalue weighted by Gasteiger charge is -2.36. The van der Waals surface area contributed by atoms with Crippen molar-refractivity contribution in [3.63, 3.8) is 0 Å². The van der Waals surface area contributed by atoms with Crippen LogP contribution in [0.5, 0.6) is 0 Å². The zero-order valence-electron chi connectivity index (χ0n) is 15.8. The highest BCUT2D eigenvalue weighted by Crippen LogP contribution is 2.20. The molecule has 0 radical (unpaired) electrons. The van der Waals surface area contributed by atoms with E-state index in [-0.39, 0.29) is 11.8 Å². The standard InChI is InChI=1S/C20H31N3O2/c1-16-9-10-18(15-17(16)2)22-11-13-23(14-12-22)20(25)8-6-4-5-7-19(24)21-3/h9-10,15H,4-8,11-14H2,1-3H3,(H,21,24). The van der Waals surface area contributed by atoms with Gasteiger partial charge >= 0.3 is 0 Å². The largest absolute Gasteiger partial charge is 0.368 e. The van der Waals surface area contributed by atoms with Gasteiger partial charge in [0.15, 0.2) is 0 Å². The second kappa shape index (κ2) is 9.44. The van der Waals surface area contributed by atoms with Gasteiger partial charge in [-0.2, -0.15) is 0 Å². The first-order valence-electron chi connectivity index (χ1n) is 9.32. The Morgan fingerprint density at radius 3 is 2.28 bits per heavy atom. The van der Waals surface area contributed by atoms with E-state index in [4.69, 9.17) is 0 Å². The third-order valence-corrected chi connectivity index (χ3v) is 5.06. The Bertz CT molecular complexity index is 593. The molecular weight excluding hydrogens is 314 g/mol. The van der Waals surface area contributed by atoms with E-state index >= 15 is 0 Å². The Morgan fingerprint density at radius 1 is 0.960 bits per heavy atom. The van der Waals surface area contributed by atoms with Crippen molar-refractivity contribution in [1.29, 1.82) is 0 Å². The molecular formula is C20H31N3O2. The SMILES string of the molecule is CNC(=O)CCCCCC(=O)N1CCN(c2ccc(C)c(C)c2)CC1. The quantitative estimate of drug-likeness (QED) is 0.773. The van der Waals surface area contributed by atoms with Crippen LogP contribution in [0.2, 0.25) is 0 Å². The summed E-state index contributed by atoms with van der Waals surface area (Å²) in [6, 6.07) is 6.58. The molecule has 2 amide bonds. The molecule has 0 aliphatic carbocycles. The third-order valence-electron chi connectivity index (χ3n) is 5.06. The van der Waals surface area contributed by atoms with Crippen molar-refractivity contribution in [2.75, 3.05) is 38.1 Å². The van der Waals surface area contributed by atoms with Crippen LogP contribution in [-0.2, 0) is 9.59 Å². The number of carbonyl (C=O) groups excluding carboxylic acids is 2. The lowest BCUT2D eigenvalue weighted by Crippen LogP contribution is -2.48. The first-order valence-corrected chi connectivity index (χ1v) is 9.32. The van der Waals surface area contributed by atoms with Crippen LogP contribution in [0.25, 0.3) is 0 Å². The number of unbranched alkanes of at least 4 members (excludes halogenated alkanes) is 2. The molecule has 1 aromatic carbocycles. The van der Waals surface area contributed by atoms with E-state index in [1.807, 2.05) is 4.90 Å². The maximum Gasteiger partial charge on any atom is 0.222 e. The number of carbonyl (C=O) groups is 2. The van der Waals surface area contributed by atoms with Crippen LogP contribution in [0.3, 0.4) is 0 Å². The van der Waals surface area contributed by atoms with Crippen molar-refractivity contribution in [1.82, 2.24) is 10.2 Å². The van der Waals surface area contributed by atoms with Crippen LogP contribution >= 0.6 is 0 Å². The van der Waals surface area contributed by atoms with Crippen LogP contribution in [0.15, 0.2) is 18.2 Å². The number of hydrogen-bond acceptors (Lipinski definition) is 3. The van der Waals surface area contributed by atoms with Gasteiger partial charge in [-0.1, -0.05) is 12.5 Å². The Morgan fingerprint density at radius 2 is 1.64 bits per heavy atom. The molecule has 138 valence electrons. The first-order chi connectivity index (χ1) is 12.0. The van der Waals surface area contributed by atoms with E-state index < -0.39 is 0 Å². The zero-order valence-corrected chi connectivity index (χ0v) is 15.8. The van der Waals surface area contributed by atoms with Crippen molar-refractivity contribution in [3.8, 4) is 0 Å². The van der Waals surface area contributed by atoms with E-state index in [9.17, 15) is 9.59 Å². The van der Waals surface area contributed by atoms with Gasteiger partial charge in [0.25, 0.3) is 0 Å². The number of nitrogens with zero attached hydrogens (tertiary/aromatic N) is 2. The number of amides is 2. The number of hydrogen-bond donors (Lipinski definition) is 1. The van der Waals surface area contributed by atoms with Gasteiger partial charge in [-0.3, -0.25) is 9.59 Å². The maximum atomic E-state index is 12.3. The summed E-state index contributed by atoms with van der Waals surface area (Å²) in [6.07, 6.45) is 3.80. The van der Waals surface area contributed by atoms with Crippen molar-refractivity contribution < 1.29 is 9.59 Å². The van der Waals surface area contributed by atoms with Crippen LogP contribution in [0.4, 0.5) is 5.69 Å². The molecule has 1 aliphatic rings. The average molecular weight is 345 g/mol. The highest BCUT2D eigenvalue weighted by molar-refractivity contribution is 5.76. The Kier molecular flexibility index (Phi) is 7.29. The lowest BCUT2D eigenvalue weighted by atomic mass is 10.1. The summed E-state index contributed by atoms with van der Waals surface area (Å²) in [5.41, 5.74) is 3.88. The molecule has 0 saturated carbocycles. The Hall–Kier alpha value is -2.04. The molecule has 5 heteroatoms. The van der Waals surface area contributed by atoms with Gasteiger partial charge in [-0.15, -0.1) is 0 Å². The van der Waals surface area contributed by atoms with Gasteiger partial charge < -0.3 is 15.1 Å². The van der Waals surface area contributed by atoms with Crippen LogP contribution in [0, 0.1) is 13.8 Å². The molecule has 1 aromatic rings. The summed E-state index contributed by atoms with van der Waals surface area (Å²) >= 11 is 0. The molecule has 1 heterocycles. The van der Waals surface area contributed by atoms with Crippen LogP contribution in [0.1, 0.15) is 43.2 Å². The second-order valence-electron chi connectivity index (χ2n) is 6.87. The van der Waals surface area contributed by atoms with E-state index in [1.165, 1.54) is 16.8 Å². The predicted molar refractivity (Wildman–Crippen MR) is 102 cm³/mol. The summed E-state index contributed by atoms with van der Waals surface area (Å²) in [5.74, 6) is 0.327. The maximum absolute atomic E-state index is 12.3. The Labute approximate surface area is 151 Å². The molecule has 0 bridgehead atoms. The minimum absolute atomic E-state index is 0.0776. The summed E-state index contributed by atoms with van der Waals surface area (Å²) in [4.78, 5) is 27.8. The van der Waals surface area contributed by atoms with E-state index in [0.717, 1.165) is 45.4 Å². The highest BCUT2D eigenvalue weighted by atomic mass is 16.2. The molecule has 1 saturated heterocycles. The summed E-state index contributed by atoms with van der Waals surface area (Å²) < 4.78 is 0. The topological polar surface area (TPSA) is 52.7 Å². The fraction of sp³-hybridized carbons (Fsp3) is 0.600. The second-order valence-corrected chi connectivity index (χ2v) is 6.87. The van der Waals surface area contributed by atoms with E-state index in [2.05, 4.69) is 42.3 Å². The summed E-state index contributed by atoms with van der Waals surface area (Å²) in [7, 11) is 1.66. The number of nitrogens with one attached hydrogen (secondary N) is 1. The van der Waals surface area contributed by atoms with Crippen molar-refractivity contribution in [2.24, 2.45) is 0 Å². The lowest BCUT2D eigenvalue weighted by molar-refractivity contribution is -0.131. The monoisotopic (exact) mass is 345 g/mol. The number of anilines is 1. The van der Waals surface area contributed by atoms with E-state index in [0.29, 0.717) is 12.8 Å². The first kappa shape index (κ1) is 19.3. The average Bonchev–Trinajstić information content (AvgIpc) is 2.63. The normalized spacial score (nSPS) is 14.5. The molecule has 1 fully saturated rings. The number of rotatable bonds is 7. The van der Waals surface area contributed by atoms with Gasteiger partial charge in [0.05, 0.1) is 0 Å². The smallest absolute Gasteiger partial charge is 0.222 e. The minimum Gasteiger partial charge on any atom is -0.368 e. The van der Waals surface area contributed by atoms with Crippen LogP contribution in [-0.4, -0.2) is 49.9 Å². The number of piperazine rings is 1. The zero-order chi connectivity index (χ0) is 18.2. The predicted octanol–water partition coefficient (Wildman–Crippen LogP) is 2.65. The molecule has 2 rings (SSSR count). The molecule has 0 spiro atoms. The molecule has 0 aromatic heterocycles. The summed E-state index contributed by atoms with van der Waals surface area (Å²) in [5, 5.41) is 2.62. The number of benzene rings is 1. The highest BCUT2D eigenvalue weighted by Gasteiger charge is 2.21. The fourth-order valence-electron chi connectivity index (χ4n) is 3.16. The molecule has 1 N–H and O–H groups in total. The van der Waals surface area contributed by atoms with Crippen molar-refractivity contribution in [2.45, 2.75) is 46.0 Å². The van der Waals surface area contributed by atoms with Crippen LogP contribution < -0.4 is 10.2 Å². The molecule has 25 heavy (non-hydrogen) atoms. The van der Waals surface area contributed by atoms with Gasteiger partial charge in [0.1, 0.15) is 0 Å². The van der Waals surface area contributed by atoms with Gasteiger partial charge in [-0.05, 0) is 49.9 Å². The third kappa shape index (κ3) is 5.76. The van der Waals surface area contributed by atoms with Crippen molar-refractivity contribution in [3.05, 3.63) is 29.3 Å². The molecule has 1 aliphatic heterocycles. The molecule has 0 atom stereocenters. The molecule has 5 nitrogen and oxygen atoms in total. The van der Waals surface area contributed by atoms with Gasteiger partial charge in [-0.25, -0.2) is 0 Å². The van der Waals surface area contributed by atoms with Gasteiger partial charge in [0.2, 0.25) is 11.8 Å². The van der Waals surface area contributed by atoms with Gasteiger partial charge in [0, 0.05) is 51.8 Å². The minimum atomic E-state index is 0.0776. The fourth-order valence-corrected chi connectivity index (χ4v) is 3.16. The van der Waals surface area contributed by atoms with Crippen molar-refractivity contribution >= 4 is 17.5 Å². The molecule has 0 unspecified atom stereocenters. The van der Waals surface area contributed by atoms with E-state index in [1.54, 1.807) is 7.05 Å². The summed E-state index contributed by atoms with van der Waals surface area (Å²) in [6.45, 7) is 7.65. The number of aryl methyl sites for hydroxylation is 2. The Balaban J connectivity index is 1.69.